The van der Waals surface area contributed by atoms with Crippen molar-refractivity contribution < 1.29 is 4.74 Å². The highest BCUT2D eigenvalue weighted by atomic mass is 35.5. The van der Waals surface area contributed by atoms with E-state index in [1.54, 1.807) is 25.3 Å². The van der Waals surface area contributed by atoms with Gasteiger partial charge in [0.15, 0.2) is 0 Å². The van der Waals surface area contributed by atoms with Crippen molar-refractivity contribution in [2.75, 3.05) is 30.9 Å². The summed E-state index contributed by atoms with van der Waals surface area (Å²) in [5, 5.41) is 7.39. The Kier molecular flexibility index (Phi) is 6.28. The highest BCUT2D eigenvalue weighted by Crippen LogP contribution is 2.33. The second-order valence-corrected chi connectivity index (χ2v) is 6.28. The molecule has 7 heteroatoms. The molecule has 0 spiro atoms. The third kappa shape index (κ3) is 4.64. The summed E-state index contributed by atoms with van der Waals surface area (Å²) in [6, 6.07) is 17.1. The van der Waals surface area contributed by atoms with E-state index < -0.39 is 0 Å². The molecule has 0 saturated heterocycles. The molecule has 26 heavy (non-hydrogen) atoms. The minimum absolute atomic E-state index is 0.495. The zero-order valence-corrected chi connectivity index (χ0v) is 15.7. The Morgan fingerprint density at radius 2 is 1.69 bits per heavy atom. The van der Waals surface area contributed by atoms with Crippen LogP contribution in [0, 0.1) is 0 Å². The number of anilines is 3. The van der Waals surface area contributed by atoms with E-state index in [1.807, 2.05) is 36.4 Å². The van der Waals surface area contributed by atoms with Crippen LogP contribution >= 0.6 is 23.2 Å². The number of rotatable bonds is 7. The van der Waals surface area contributed by atoms with Gasteiger partial charge in [0.1, 0.15) is 5.82 Å². The summed E-state index contributed by atoms with van der Waals surface area (Å²) in [4.78, 5) is 9.08. The minimum atomic E-state index is 0.495. The van der Waals surface area contributed by atoms with Gasteiger partial charge in [-0.15, -0.1) is 0 Å². The molecule has 3 aromatic rings. The molecule has 1 aromatic heterocycles. The van der Waals surface area contributed by atoms with Crippen LogP contribution in [0.1, 0.15) is 0 Å². The standard InChI is InChI=1S/C19H18Cl2N4O/c1-26-11-10-22-19-23-16(13-6-3-2-4-7-13)12-17(25-19)24-18-14(20)8-5-9-15(18)21/h2-9,12H,10-11H2,1H3,(H2,22,23,24,25). The first-order valence-corrected chi connectivity index (χ1v) is 8.81. The molecule has 0 radical (unpaired) electrons. The Bertz CT molecular complexity index is 854. The van der Waals surface area contributed by atoms with E-state index in [-0.39, 0.29) is 0 Å². The molecular formula is C19H18Cl2N4O. The Labute approximate surface area is 162 Å². The van der Waals surface area contributed by atoms with Crippen molar-refractivity contribution in [3.63, 3.8) is 0 Å². The highest BCUT2D eigenvalue weighted by Gasteiger charge is 2.10. The summed E-state index contributed by atoms with van der Waals surface area (Å²) in [6.07, 6.45) is 0. The topological polar surface area (TPSA) is 59.1 Å². The summed E-state index contributed by atoms with van der Waals surface area (Å²) < 4.78 is 5.07. The summed E-state index contributed by atoms with van der Waals surface area (Å²) in [5.74, 6) is 1.09. The van der Waals surface area contributed by atoms with Crippen molar-refractivity contribution in [1.82, 2.24) is 9.97 Å². The highest BCUT2D eigenvalue weighted by molar-refractivity contribution is 6.39. The fraction of sp³-hybridized carbons (Fsp3) is 0.158. The third-order valence-electron chi connectivity index (χ3n) is 3.60. The molecular weight excluding hydrogens is 371 g/mol. The second kappa shape index (κ2) is 8.85. The number of nitrogens with one attached hydrogen (secondary N) is 2. The van der Waals surface area contributed by atoms with Gasteiger partial charge in [-0.3, -0.25) is 0 Å². The third-order valence-corrected chi connectivity index (χ3v) is 4.23. The van der Waals surface area contributed by atoms with Crippen LogP contribution in [0.15, 0.2) is 54.6 Å². The fourth-order valence-corrected chi connectivity index (χ4v) is 2.85. The van der Waals surface area contributed by atoms with Crippen molar-refractivity contribution >= 4 is 40.7 Å². The van der Waals surface area contributed by atoms with Crippen molar-refractivity contribution in [2.45, 2.75) is 0 Å². The molecule has 2 N–H and O–H groups in total. The fourth-order valence-electron chi connectivity index (χ4n) is 2.36. The molecule has 0 saturated carbocycles. The zero-order valence-electron chi connectivity index (χ0n) is 14.2. The molecule has 1 heterocycles. The van der Waals surface area contributed by atoms with Crippen LogP contribution < -0.4 is 10.6 Å². The number of benzene rings is 2. The molecule has 0 unspecified atom stereocenters. The lowest BCUT2D eigenvalue weighted by Crippen LogP contribution is -2.11. The first-order valence-electron chi connectivity index (χ1n) is 8.05. The number of nitrogens with zero attached hydrogens (tertiary/aromatic N) is 2. The zero-order chi connectivity index (χ0) is 18.4. The number of ether oxygens (including phenoxy) is 1. The van der Waals surface area contributed by atoms with Crippen molar-refractivity contribution in [1.29, 1.82) is 0 Å². The molecule has 0 atom stereocenters. The van der Waals surface area contributed by atoms with Gasteiger partial charge in [0, 0.05) is 25.3 Å². The molecule has 134 valence electrons. The van der Waals surface area contributed by atoms with E-state index in [2.05, 4.69) is 20.6 Å². The van der Waals surface area contributed by atoms with Crippen LogP contribution in [0.2, 0.25) is 10.0 Å². The van der Waals surface area contributed by atoms with Crippen LogP contribution in [-0.4, -0.2) is 30.2 Å². The summed E-state index contributed by atoms with van der Waals surface area (Å²) in [6.45, 7) is 1.15. The first kappa shape index (κ1) is 18.5. The summed E-state index contributed by atoms with van der Waals surface area (Å²) in [5.41, 5.74) is 2.38. The van der Waals surface area contributed by atoms with Crippen LogP contribution in [0.25, 0.3) is 11.3 Å². The summed E-state index contributed by atoms with van der Waals surface area (Å²) >= 11 is 12.5. The number of hydrogen-bond acceptors (Lipinski definition) is 5. The lowest BCUT2D eigenvalue weighted by molar-refractivity contribution is 0.210. The average Bonchev–Trinajstić information content (AvgIpc) is 2.66. The predicted molar refractivity (Wildman–Crippen MR) is 108 cm³/mol. The lowest BCUT2D eigenvalue weighted by Gasteiger charge is -2.13. The Hall–Kier alpha value is -2.34. The van der Waals surface area contributed by atoms with Crippen LogP contribution in [0.5, 0.6) is 0 Å². The van der Waals surface area contributed by atoms with Gasteiger partial charge in [-0.2, -0.15) is 4.98 Å². The van der Waals surface area contributed by atoms with Gasteiger partial charge in [-0.05, 0) is 12.1 Å². The Morgan fingerprint density at radius 1 is 0.962 bits per heavy atom. The molecule has 0 amide bonds. The molecule has 5 nitrogen and oxygen atoms in total. The number of para-hydroxylation sites is 1. The quantitative estimate of drug-likeness (QED) is 0.541. The van der Waals surface area contributed by atoms with E-state index in [1.165, 1.54) is 0 Å². The van der Waals surface area contributed by atoms with Crippen molar-refractivity contribution in [3.05, 3.63) is 64.6 Å². The van der Waals surface area contributed by atoms with Crippen LogP contribution in [-0.2, 0) is 4.74 Å². The molecule has 0 aliphatic carbocycles. The van der Waals surface area contributed by atoms with E-state index in [9.17, 15) is 0 Å². The smallest absolute Gasteiger partial charge is 0.225 e. The van der Waals surface area contributed by atoms with Crippen LogP contribution in [0.3, 0.4) is 0 Å². The predicted octanol–water partition coefficient (Wildman–Crippen LogP) is 5.25. The monoisotopic (exact) mass is 388 g/mol. The van der Waals surface area contributed by atoms with Gasteiger partial charge < -0.3 is 15.4 Å². The number of hydrogen-bond donors (Lipinski definition) is 2. The summed E-state index contributed by atoms with van der Waals surface area (Å²) in [7, 11) is 1.65. The van der Waals surface area contributed by atoms with Gasteiger partial charge in [0.2, 0.25) is 5.95 Å². The largest absolute Gasteiger partial charge is 0.383 e. The van der Waals surface area contributed by atoms with E-state index in [0.717, 1.165) is 11.3 Å². The maximum absolute atomic E-state index is 6.26. The van der Waals surface area contributed by atoms with Crippen molar-refractivity contribution in [3.8, 4) is 11.3 Å². The molecule has 2 aromatic carbocycles. The van der Waals surface area contributed by atoms with Gasteiger partial charge in [-0.25, -0.2) is 4.98 Å². The normalized spacial score (nSPS) is 10.6. The molecule has 0 aliphatic rings. The number of methoxy groups -OCH3 is 1. The number of aromatic nitrogens is 2. The van der Waals surface area contributed by atoms with Gasteiger partial charge in [-0.1, -0.05) is 59.6 Å². The van der Waals surface area contributed by atoms with Gasteiger partial charge in [0.25, 0.3) is 0 Å². The second-order valence-electron chi connectivity index (χ2n) is 5.47. The first-order chi connectivity index (χ1) is 12.7. The van der Waals surface area contributed by atoms with Gasteiger partial charge in [0.05, 0.1) is 28.0 Å². The molecule has 0 bridgehead atoms. The molecule has 3 rings (SSSR count). The molecule has 0 fully saturated rings. The maximum atomic E-state index is 6.26. The Morgan fingerprint density at radius 3 is 2.38 bits per heavy atom. The minimum Gasteiger partial charge on any atom is -0.383 e. The SMILES string of the molecule is COCCNc1nc(Nc2c(Cl)cccc2Cl)cc(-c2ccccc2)n1. The van der Waals surface area contributed by atoms with Crippen LogP contribution in [0.4, 0.5) is 17.5 Å². The van der Waals surface area contributed by atoms with Crippen molar-refractivity contribution in [2.24, 2.45) is 0 Å². The lowest BCUT2D eigenvalue weighted by atomic mass is 10.1. The average molecular weight is 389 g/mol. The van der Waals surface area contributed by atoms with E-state index in [0.29, 0.717) is 40.7 Å². The van der Waals surface area contributed by atoms with Gasteiger partial charge >= 0.3 is 0 Å². The van der Waals surface area contributed by atoms with E-state index >= 15 is 0 Å². The number of halogens is 2. The Balaban J connectivity index is 1.96. The maximum Gasteiger partial charge on any atom is 0.225 e. The molecule has 0 aliphatic heterocycles. The van der Waals surface area contributed by atoms with E-state index in [4.69, 9.17) is 27.9 Å².